The lowest BCUT2D eigenvalue weighted by Gasteiger charge is -2.18. The Labute approximate surface area is 136 Å². The Hall–Kier alpha value is -1.19. The van der Waals surface area contributed by atoms with Gasteiger partial charge in [-0.1, -0.05) is 51.9 Å². The SMILES string of the molecule is CN/C=C(\N)CCC(=O)NC1CCCCCC(C)CCCC1. The molecule has 2 atom stereocenters. The molecule has 1 rings (SSSR count). The number of carbonyl (C=O) groups excluding carboxylic acids is 1. The first-order chi connectivity index (χ1) is 10.6. The highest BCUT2D eigenvalue weighted by atomic mass is 16.1. The number of amides is 1. The van der Waals surface area contributed by atoms with Crippen LogP contribution in [-0.2, 0) is 4.79 Å². The summed E-state index contributed by atoms with van der Waals surface area (Å²) in [5.41, 5.74) is 6.53. The Balaban J connectivity index is 2.34. The Bertz CT molecular complexity index is 341. The minimum atomic E-state index is 0.140. The second-order valence-electron chi connectivity index (χ2n) is 6.80. The molecule has 0 heterocycles. The van der Waals surface area contributed by atoms with Crippen molar-refractivity contribution in [3.05, 3.63) is 11.9 Å². The lowest BCUT2D eigenvalue weighted by Crippen LogP contribution is -2.34. The van der Waals surface area contributed by atoms with Crippen molar-refractivity contribution in [3.63, 3.8) is 0 Å². The third-order valence-corrected chi connectivity index (χ3v) is 4.58. The smallest absolute Gasteiger partial charge is 0.220 e. The predicted molar refractivity (Wildman–Crippen MR) is 93.2 cm³/mol. The first-order valence-electron chi connectivity index (χ1n) is 9.03. The van der Waals surface area contributed by atoms with Crippen LogP contribution < -0.4 is 16.4 Å². The van der Waals surface area contributed by atoms with Crippen LogP contribution in [0.15, 0.2) is 11.9 Å². The minimum Gasteiger partial charge on any atom is -0.401 e. The molecule has 1 amide bonds. The predicted octanol–water partition coefficient (Wildman–Crippen LogP) is 3.43. The molecule has 0 spiro atoms. The minimum absolute atomic E-state index is 0.140. The average Bonchev–Trinajstić information content (AvgIpc) is 2.52. The summed E-state index contributed by atoms with van der Waals surface area (Å²) in [4.78, 5) is 12.1. The summed E-state index contributed by atoms with van der Waals surface area (Å²) >= 11 is 0. The number of rotatable bonds is 5. The van der Waals surface area contributed by atoms with Gasteiger partial charge >= 0.3 is 0 Å². The van der Waals surface area contributed by atoms with E-state index in [2.05, 4.69) is 17.6 Å². The van der Waals surface area contributed by atoms with Gasteiger partial charge in [0.25, 0.3) is 0 Å². The maximum absolute atomic E-state index is 12.1. The van der Waals surface area contributed by atoms with E-state index in [0.717, 1.165) is 24.5 Å². The van der Waals surface area contributed by atoms with Crippen molar-refractivity contribution in [2.45, 2.75) is 83.6 Å². The van der Waals surface area contributed by atoms with Crippen LogP contribution in [-0.4, -0.2) is 19.0 Å². The molecule has 4 heteroatoms. The zero-order valence-electron chi connectivity index (χ0n) is 14.5. The molecule has 1 aliphatic carbocycles. The van der Waals surface area contributed by atoms with Crippen molar-refractivity contribution in [2.75, 3.05) is 7.05 Å². The van der Waals surface area contributed by atoms with Gasteiger partial charge in [-0.3, -0.25) is 4.79 Å². The van der Waals surface area contributed by atoms with Gasteiger partial charge in [0.2, 0.25) is 5.91 Å². The fourth-order valence-electron chi connectivity index (χ4n) is 3.19. The molecule has 1 saturated carbocycles. The third-order valence-electron chi connectivity index (χ3n) is 4.58. The second-order valence-corrected chi connectivity index (χ2v) is 6.80. The Kier molecular flexibility index (Phi) is 9.76. The van der Waals surface area contributed by atoms with Crippen molar-refractivity contribution in [1.82, 2.24) is 10.6 Å². The van der Waals surface area contributed by atoms with E-state index in [1.54, 1.807) is 6.20 Å². The molecule has 128 valence electrons. The highest BCUT2D eigenvalue weighted by molar-refractivity contribution is 5.76. The fourth-order valence-corrected chi connectivity index (χ4v) is 3.19. The van der Waals surface area contributed by atoms with Crippen LogP contribution in [0.5, 0.6) is 0 Å². The molecular weight excluding hydrogens is 274 g/mol. The molecule has 1 fully saturated rings. The average molecular weight is 309 g/mol. The van der Waals surface area contributed by atoms with Crippen molar-refractivity contribution in [1.29, 1.82) is 0 Å². The van der Waals surface area contributed by atoms with Gasteiger partial charge in [0.1, 0.15) is 0 Å². The molecule has 4 N–H and O–H groups in total. The molecule has 4 nitrogen and oxygen atoms in total. The van der Waals surface area contributed by atoms with E-state index in [4.69, 9.17) is 5.73 Å². The van der Waals surface area contributed by atoms with E-state index in [9.17, 15) is 4.79 Å². The summed E-state index contributed by atoms with van der Waals surface area (Å²) in [6.07, 6.45) is 14.2. The van der Waals surface area contributed by atoms with E-state index < -0.39 is 0 Å². The summed E-state index contributed by atoms with van der Waals surface area (Å²) in [7, 11) is 1.82. The van der Waals surface area contributed by atoms with Crippen LogP contribution in [0.2, 0.25) is 0 Å². The second kappa shape index (κ2) is 11.4. The van der Waals surface area contributed by atoms with Crippen molar-refractivity contribution < 1.29 is 4.79 Å². The fraction of sp³-hybridized carbons (Fsp3) is 0.833. The summed E-state index contributed by atoms with van der Waals surface area (Å²) in [5, 5.41) is 6.11. The Morgan fingerprint density at radius 2 is 1.64 bits per heavy atom. The number of nitrogens with two attached hydrogens (primary N) is 1. The monoisotopic (exact) mass is 309 g/mol. The van der Waals surface area contributed by atoms with E-state index in [-0.39, 0.29) is 5.91 Å². The van der Waals surface area contributed by atoms with Crippen LogP contribution in [0.1, 0.15) is 77.6 Å². The number of hydrogen-bond donors (Lipinski definition) is 3. The quantitative estimate of drug-likeness (QED) is 0.729. The topological polar surface area (TPSA) is 67.1 Å². The van der Waals surface area contributed by atoms with Gasteiger partial charge in [-0.05, 0) is 25.2 Å². The number of hydrogen-bond acceptors (Lipinski definition) is 3. The summed E-state index contributed by atoms with van der Waals surface area (Å²) < 4.78 is 0. The van der Waals surface area contributed by atoms with Crippen LogP contribution >= 0.6 is 0 Å². The third kappa shape index (κ3) is 8.96. The van der Waals surface area contributed by atoms with Gasteiger partial charge in [0, 0.05) is 31.4 Å². The lowest BCUT2D eigenvalue weighted by molar-refractivity contribution is -0.121. The number of allylic oxidation sites excluding steroid dienone is 1. The maximum Gasteiger partial charge on any atom is 0.220 e. The van der Waals surface area contributed by atoms with Crippen LogP contribution in [0, 0.1) is 5.92 Å². The highest BCUT2D eigenvalue weighted by Gasteiger charge is 2.14. The summed E-state index contributed by atoms with van der Waals surface area (Å²) in [6.45, 7) is 2.38. The van der Waals surface area contributed by atoms with Gasteiger partial charge < -0.3 is 16.4 Å². The molecule has 0 aromatic rings. The number of nitrogens with one attached hydrogen (secondary N) is 2. The van der Waals surface area contributed by atoms with Crippen LogP contribution in [0.25, 0.3) is 0 Å². The molecule has 2 unspecified atom stereocenters. The lowest BCUT2D eigenvalue weighted by atomic mass is 9.97. The van der Waals surface area contributed by atoms with Crippen LogP contribution in [0.3, 0.4) is 0 Å². The van der Waals surface area contributed by atoms with E-state index >= 15 is 0 Å². The molecule has 0 radical (unpaired) electrons. The zero-order valence-corrected chi connectivity index (χ0v) is 14.5. The number of carbonyl (C=O) groups is 1. The molecule has 0 aliphatic heterocycles. The van der Waals surface area contributed by atoms with Crippen LogP contribution in [0.4, 0.5) is 0 Å². The first kappa shape index (κ1) is 18.9. The summed E-state index contributed by atoms with van der Waals surface area (Å²) in [5.74, 6) is 1.01. The molecule has 0 aromatic carbocycles. The standard InChI is InChI=1S/C18H35N3O/c1-15-8-4-3-5-10-17(11-7-6-9-15)21-18(22)13-12-16(19)14-20-2/h14-15,17,20H,3-13,19H2,1-2H3,(H,21,22)/b16-14-. The Morgan fingerprint density at radius 1 is 1.05 bits per heavy atom. The van der Waals surface area contributed by atoms with Crippen molar-refractivity contribution >= 4 is 5.91 Å². The van der Waals surface area contributed by atoms with Crippen molar-refractivity contribution in [3.8, 4) is 0 Å². The molecule has 0 bridgehead atoms. The maximum atomic E-state index is 12.1. The Morgan fingerprint density at radius 3 is 2.32 bits per heavy atom. The molecule has 22 heavy (non-hydrogen) atoms. The van der Waals surface area contributed by atoms with Gasteiger partial charge in [-0.15, -0.1) is 0 Å². The zero-order chi connectivity index (χ0) is 16.2. The van der Waals surface area contributed by atoms with Gasteiger partial charge in [0.15, 0.2) is 0 Å². The first-order valence-corrected chi connectivity index (χ1v) is 9.03. The van der Waals surface area contributed by atoms with Gasteiger partial charge in [0.05, 0.1) is 0 Å². The molecular formula is C18H35N3O. The summed E-state index contributed by atoms with van der Waals surface area (Å²) in [6, 6.07) is 0.357. The normalized spacial score (nSPS) is 25.1. The molecule has 0 aromatic heterocycles. The van der Waals surface area contributed by atoms with Crippen molar-refractivity contribution in [2.24, 2.45) is 11.7 Å². The molecule has 0 saturated heterocycles. The largest absolute Gasteiger partial charge is 0.401 e. The van der Waals surface area contributed by atoms with Gasteiger partial charge in [-0.25, -0.2) is 0 Å². The van der Waals surface area contributed by atoms with E-state index in [1.807, 2.05) is 7.05 Å². The highest BCUT2D eigenvalue weighted by Crippen LogP contribution is 2.21. The molecule has 1 aliphatic rings. The van der Waals surface area contributed by atoms with E-state index in [0.29, 0.717) is 18.9 Å². The van der Waals surface area contributed by atoms with Gasteiger partial charge in [-0.2, -0.15) is 0 Å². The van der Waals surface area contributed by atoms with E-state index in [1.165, 1.54) is 44.9 Å².